The summed E-state index contributed by atoms with van der Waals surface area (Å²) in [5, 5.41) is 7.73. The van der Waals surface area contributed by atoms with Gasteiger partial charge in [0.15, 0.2) is 0 Å². The van der Waals surface area contributed by atoms with E-state index in [1.165, 1.54) is 6.33 Å². The van der Waals surface area contributed by atoms with Crippen LogP contribution < -0.4 is 5.32 Å². The minimum Gasteiger partial charge on any atom is -0.378 e. The highest BCUT2D eigenvalue weighted by Gasteiger charge is 2.13. The molecule has 0 saturated heterocycles. The van der Waals surface area contributed by atoms with Crippen molar-refractivity contribution in [3.8, 4) is 0 Å². The molecule has 0 saturated carbocycles. The molecule has 3 rings (SSSR count). The van der Waals surface area contributed by atoms with Crippen LogP contribution in [0.1, 0.15) is 25.0 Å². The van der Waals surface area contributed by atoms with Crippen LogP contribution in [0.25, 0.3) is 5.78 Å². The molecule has 0 amide bonds. The van der Waals surface area contributed by atoms with Crippen LogP contribution in [-0.4, -0.2) is 32.7 Å². The van der Waals surface area contributed by atoms with Gasteiger partial charge in [0.25, 0.3) is 5.78 Å². The first-order valence-electron chi connectivity index (χ1n) is 6.47. The number of ether oxygens (including phenoxy) is 1. The molecule has 1 aliphatic carbocycles. The van der Waals surface area contributed by atoms with E-state index in [0.717, 1.165) is 30.8 Å². The van der Waals surface area contributed by atoms with Gasteiger partial charge in [-0.25, -0.2) is 4.98 Å². The first-order chi connectivity index (χ1) is 9.36. The molecule has 2 aromatic heterocycles. The lowest BCUT2D eigenvalue weighted by molar-refractivity contribution is 0.181. The SMILES string of the molecule is COCc1cc(NC2CC=CCC2)n2ncnc2n1. The minimum absolute atomic E-state index is 0.440. The second-order valence-electron chi connectivity index (χ2n) is 4.66. The molecular formula is C13H17N5O. The first-order valence-corrected chi connectivity index (χ1v) is 6.47. The van der Waals surface area contributed by atoms with Gasteiger partial charge in [0, 0.05) is 19.2 Å². The summed E-state index contributed by atoms with van der Waals surface area (Å²) in [7, 11) is 1.66. The van der Waals surface area contributed by atoms with Gasteiger partial charge in [-0.2, -0.15) is 14.6 Å². The van der Waals surface area contributed by atoms with Gasteiger partial charge in [-0.05, 0) is 19.3 Å². The van der Waals surface area contributed by atoms with E-state index < -0.39 is 0 Å². The Labute approximate surface area is 111 Å². The standard InChI is InChI=1S/C13H17N5O/c1-19-8-11-7-12(16-10-5-3-2-4-6-10)18-13(17-11)14-9-15-18/h2-3,7,9-10,16H,4-6,8H2,1H3. The average molecular weight is 259 g/mol. The van der Waals surface area contributed by atoms with E-state index >= 15 is 0 Å². The van der Waals surface area contributed by atoms with Crippen LogP contribution in [0.3, 0.4) is 0 Å². The van der Waals surface area contributed by atoms with Crippen molar-refractivity contribution in [2.75, 3.05) is 12.4 Å². The van der Waals surface area contributed by atoms with Crippen LogP contribution in [0.5, 0.6) is 0 Å². The summed E-state index contributed by atoms with van der Waals surface area (Å²) in [5.74, 6) is 1.53. The molecule has 6 nitrogen and oxygen atoms in total. The van der Waals surface area contributed by atoms with E-state index in [2.05, 4.69) is 32.5 Å². The van der Waals surface area contributed by atoms with Crippen LogP contribution in [0.15, 0.2) is 24.5 Å². The molecule has 2 heterocycles. The topological polar surface area (TPSA) is 64.3 Å². The summed E-state index contributed by atoms with van der Waals surface area (Å²) in [6, 6.07) is 2.42. The number of aromatic nitrogens is 4. The Balaban J connectivity index is 1.91. The molecule has 1 unspecified atom stereocenters. The van der Waals surface area contributed by atoms with E-state index in [0.29, 0.717) is 18.4 Å². The zero-order valence-corrected chi connectivity index (χ0v) is 10.9. The van der Waals surface area contributed by atoms with Gasteiger partial charge in [-0.3, -0.25) is 0 Å². The number of nitrogens with one attached hydrogen (secondary N) is 1. The van der Waals surface area contributed by atoms with Gasteiger partial charge < -0.3 is 10.1 Å². The molecule has 6 heteroatoms. The fraction of sp³-hybridized carbons (Fsp3) is 0.462. The molecule has 2 aromatic rings. The molecule has 19 heavy (non-hydrogen) atoms. The van der Waals surface area contributed by atoms with E-state index in [1.54, 1.807) is 11.6 Å². The van der Waals surface area contributed by atoms with Crippen LogP contribution in [0.4, 0.5) is 5.82 Å². The van der Waals surface area contributed by atoms with Gasteiger partial charge in [0.1, 0.15) is 12.1 Å². The first kappa shape index (κ1) is 12.1. The maximum absolute atomic E-state index is 5.14. The predicted octanol–water partition coefficient (Wildman–Crippen LogP) is 1.79. The molecule has 0 bridgehead atoms. The average Bonchev–Trinajstić information content (AvgIpc) is 2.89. The highest BCUT2D eigenvalue weighted by molar-refractivity contribution is 5.45. The van der Waals surface area contributed by atoms with Crippen molar-refractivity contribution in [2.45, 2.75) is 31.9 Å². The zero-order valence-electron chi connectivity index (χ0n) is 10.9. The number of nitrogens with zero attached hydrogens (tertiary/aromatic N) is 4. The molecule has 1 aliphatic rings. The van der Waals surface area contributed by atoms with Gasteiger partial charge in [-0.15, -0.1) is 0 Å². The molecule has 1 N–H and O–H groups in total. The summed E-state index contributed by atoms with van der Waals surface area (Å²) in [6.45, 7) is 0.475. The molecule has 0 radical (unpaired) electrons. The third-order valence-electron chi connectivity index (χ3n) is 3.22. The lowest BCUT2D eigenvalue weighted by Gasteiger charge is -2.21. The van der Waals surface area contributed by atoms with Crippen LogP contribution >= 0.6 is 0 Å². The zero-order chi connectivity index (χ0) is 13.1. The number of hydrogen-bond donors (Lipinski definition) is 1. The number of anilines is 1. The summed E-state index contributed by atoms with van der Waals surface area (Å²) in [6.07, 6.45) is 9.26. The van der Waals surface area contributed by atoms with Crippen LogP contribution in [0.2, 0.25) is 0 Å². The Kier molecular flexibility index (Phi) is 3.41. The molecule has 0 fully saturated rings. The molecule has 100 valence electrons. The maximum atomic E-state index is 5.14. The van der Waals surface area contributed by atoms with Crippen molar-refractivity contribution in [3.63, 3.8) is 0 Å². The largest absolute Gasteiger partial charge is 0.378 e. The molecule has 0 spiro atoms. The molecular weight excluding hydrogens is 242 g/mol. The molecule has 0 aliphatic heterocycles. The number of hydrogen-bond acceptors (Lipinski definition) is 5. The summed E-state index contributed by atoms with van der Waals surface area (Å²) >= 11 is 0. The quantitative estimate of drug-likeness (QED) is 0.848. The number of allylic oxidation sites excluding steroid dienone is 1. The van der Waals surface area contributed by atoms with E-state index in [4.69, 9.17) is 4.74 Å². The van der Waals surface area contributed by atoms with Crippen LogP contribution in [-0.2, 0) is 11.3 Å². The van der Waals surface area contributed by atoms with E-state index in [-0.39, 0.29) is 0 Å². The number of rotatable bonds is 4. The van der Waals surface area contributed by atoms with Gasteiger partial charge >= 0.3 is 0 Å². The van der Waals surface area contributed by atoms with Crippen molar-refractivity contribution in [2.24, 2.45) is 0 Å². The van der Waals surface area contributed by atoms with Crippen molar-refractivity contribution in [1.29, 1.82) is 0 Å². The van der Waals surface area contributed by atoms with Crippen LogP contribution in [0, 0.1) is 0 Å². The lowest BCUT2D eigenvalue weighted by atomic mass is 10.0. The third kappa shape index (κ3) is 2.58. The van der Waals surface area contributed by atoms with Gasteiger partial charge in [-0.1, -0.05) is 12.2 Å². The van der Waals surface area contributed by atoms with Crippen molar-refractivity contribution >= 4 is 11.6 Å². The third-order valence-corrected chi connectivity index (χ3v) is 3.22. The molecule has 1 atom stereocenters. The Morgan fingerprint density at radius 3 is 3.21 bits per heavy atom. The van der Waals surface area contributed by atoms with Crippen molar-refractivity contribution in [3.05, 3.63) is 30.2 Å². The lowest BCUT2D eigenvalue weighted by Crippen LogP contribution is -2.22. The van der Waals surface area contributed by atoms with Crippen molar-refractivity contribution in [1.82, 2.24) is 19.6 Å². The highest BCUT2D eigenvalue weighted by Crippen LogP contribution is 2.18. The number of fused-ring (bicyclic) bond motifs is 1. The van der Waals surface area contributed by atoms with Gasteiger partial charge in [0.2, 0.25) is 0 Å². The fourth-order valence-electron chi connectivity index (χ4n) is 2.32. The van der Waals surface area contributed by atoms with E-state index in [1.807, 2.05) is 6.07 Å². The Morgan fingerprint density at radius 1 is 1.47 bits per heavy atom. The summed E-state index contributed by atoms with van der Waals surface area (Å²) in [4.78, 5) is 8.54. The Morgan fingerprint density at radius 2 is 2.42 bits per heavy atom. The summed E-state index contributed by atoms with van der Waals surface area (Å²) < 4.78 is 6.87. The monoisotopic (exact) mass is 259 g/mol. The Hall–Kier alpha value is -1.95. The smallest absolute Gasteiger partial charge is 0.254 e. The van der Waals surface area contributed by atoms with Crippen molar-refractivity contribution < 1.29 is 4.74 Å². The molecule has 0 aromatic carbocycles. The maximum Gasteiger partial charge on any atom is 0.254 e. The Bertz CT molecular complexity index is 592. The fourth-order valence-corrected chi connectivity index (χ4v) is 2.32. The normalized spacial score (nSPS) is 18.9. The van der Waals surface area contributed by atoms with Gasteiger partial charge in [0.05, 0.1) is 12.3 Å². The number of methoxy groups -OCH3 is 1. The highest BCUT2D eigenvalue weighted by atomic mass is 16.5. The predicted molar refractivity (Wildman–Crippen MR) is 71.9 cm³/mol. The second kappa shape index (κ2) is 5.36. The second-order valence-corrected chi connectivity index (χ2v) is 4.66. The summed E-state index contributed by atoms with van der Waals surface area (Å²) in [5.41, 5.74) is 0.858. The minimum atomic E-state index is 0.440. The van der Waals surface area contributed by atoms with E-state index in [9.17, 15) is 0 Å².